The minimum atomic E-state index is 0.0988. The highest BCUT2D eigenvalue weighted by atomic mass is 16.5. The standard InChI is InChI=1S/C13H21NO/c1-3-8-15-9-7-13(14)12-6-4-5-11(2)10-12/h4-6,10,13H,3,7-9,14H2,1-2H3. The summed E-state index contributed by atoms with van der Waals surface area (Å²) in [5.74, 6) is 0. The molecule has 1 aromatic carbocycles. The molecule has 15 heavy (non-hydrogen) atoms. The van der Waals surface area contributed by atoms with Crippen LogP contribution in [0.3, 0.4) is 0 Å². The zero-order valence-corrected chi connectivity index (χ0v) is 9.70. The lowest BCUT2D eigenvalue weighted by Crippen LogP contribution is -2.13. The SMILES string of the molecule is CCCOCCC(N)c1cccc(C)c1. The number of rotatable bonds is 6. The maximum absolute atomic E-state index is 6.07. The van der Waals surface area contributed by atoms with Gasteiger partial charge >= 0.3 is 0 Å². The van der Waals surface area contributed by atoms with Crippen LogP contribution in [0.2, 0.25) is 0 Å². The molecule has 2 N–H and O–H groups in total. The van der Waals surface area contributed by atoms with Gasteiger partial charge in [0.1, 0.15) is 0 Å². The molecule has 0 saturated heterocycles. The molecule has 0 fully saturated rings. The van der Waals surface area contributed by atoms with Crippen molar-refractivity contribution in [1.29, 1.82) is 0 Å². The Morgan fingerprint density at radius 1 is 1.33 bits per heavy atom. The van der Waals surface area contributed by atoms with Crippen molar-refractivity contribution in [1.82, 2.24) is 0 Å². The first-order valence-electron chi connectivity index (χ1n) is 5.64. The van der Waals surface area contributed by atoms with Gasteiger partial charge in [-0.15, -0.1) is 0 Å². The first-order valence-corrected chi connectivity index (χ1v) is 5.64. The van der Waals surface area contributed by atoms with Crippen LogP contribution in [-0.2, 0) is 4.74 Å². The van der Waals surface area contributed by atoms with Crippen LogP contribution >= 0.6 is 0 Å². The van der Waals surface area contributed by atoms with Crippen LogP contribution in [0.15, 0.2) is 24.3 Å². The summed E-state index contributed by atoms with van der Waals surface area (Å²) in [6.45, 7) is 5.79. The van der Waals surface area contributed by atoms with Gasteiger partial charge in [-0.1, -0.05) is 36.8 Å². The van der Waals surface area contributed by atoms with Gasteiger partial charge in [0.15, 0.2) is 0 Å². The molecule has 0 aliphatic rings. The lowest BCUT2D eigenvalue weighted by Gasteiger charge is -2.12. The van der Waals surface area contributed by atoms with Crippen molar-refractivity contribution in [3.8, 4) is 0 Å². The summed E-state index contributed by atoms with van der Waals surface area (Å²) >= 11 is 0. The fourth-order valence-corrected chi connectivity index (χ4v) is 1.52. The molecule has 0 aliphatic carbocycles. The molecule has 1 aromatic rings. The van der Waals surface area contributed by atoms with Crippen LogP contribution in [0, 0.1) is 6.92 Å². The molecule has 1 rings (SSSR count). The molecular formula is C13H21NO. The fraction of sp³-hybridized carbons (Fsp3) is 0.538. The van der Waals surface area contributed by atoms with Gasteiger partial charge in [0.25, 0.3) is 0 Å². The third-order valence-electron chi connectivity index (χ3n) is 2.39. The van der Waals surface area contributed by atoms with Gasteiger partial charge in [-0.3, -0.25) is 0 Å². The Morgan fingerprint density at radius 2 is 2.13 bits per heavy atom. The second-order valence-corrected chi connectivity index (χ2v) is 3.92. The molecule has 0 aliphatic heterocycles. The van der Waals surface area contributed by atoms with Crippen molar-refractivity contribution < 1.29 is 4.74 Å². The summed E-state index contributed by atoms with van der Waals surface area (Å²) < 4.78 is 5.43. The Morgan fingerprint density at radius 3 is 2.80 bits per heavy atom. The molecule has 2 nitrogen and oxygen atoms in total. The van der Waals surface area contributed by atoms with Gasteiger partial charge in [0, 0.05) is 19.3 Å². The average Bonchev–Trinajstić information content (AvgIpc) is 2.24. The van der Waals surface area contributed by atoms with E-state index in [0.29, 0.717) is 0 Å². The first kappa shape index (κ1) is 12.2. The summed E-state index contributed by atoms with van der Waals surface area (Å²) in [4.78, 5) is 0. The highest BCUT2D eigenvalue weighted by Crippen LogP contribution is 2.15. The van der Waals surface area contributed by atoms with Gasteiger partial charge in [-0.05, 0) is 25.3 Å². The monoisotopic (exact) mass is 207 g/mol. The molecule has 0 aromatic heterocycles. The quantitative estimate of drug-likeness (QED) is 0.728. The number of aryl methyl sites for hydroxylation is 1. The van der Waals surface area contributed by atoms with Crippen molar-refractivity contribution in [2.45, 2.75) is 32.7 Å². The lowest BCUT2D eigenvalue weighted by molar-refractivity contribution is 0.128. The molecule has 0 bridgehead atoms. The summed E-state index contributed by atoms with van der Waals surface area (Å²) in [5.41, 5.74) is 8.53. The van der Waals surface area contributed by atoms with E-state index in [1.165, 1.54) is 11.1 Å². The molecular weight excluding hydrogens is 186 g/mol. The van der Waals surface area contributed by atoms with Crippen LogP contribution in [0.25, 0.3) is 0 Å². The first-order chi connectivity index (χ1) is 7.24. The Labute approximate surface area is 92.4 Å². The van der Waals surface area contributed by atoms with Gasteiger partial charge in [0.05, 0.1) is 0 Å². The second-order valence-electron chi connectivity index (χ2n) is 3.92. The normalized spacial score (nSPS) is 12.7. The van der Waals surface area contributed by atoms with E-state index in [-0.39, 0.29) is 6.04 Å². The second kappa shape index (κ2) is 6.59. The van der Waals surface area contributed by atoms with E-state index in [1.54, 1.807) is 0 Å². The van der Waals surface area contributed by atoms with Gasteiger partial charge < -0.3 is 10.5 Å². The van der Waals surface area contributed by atoms with Crippen molar-refractivity contribution in [3.63, 3.8) is 0 Å². The molecule has 1 atom stereocenters. The van der Waals surface area contributed by atoms with Crippen molar-refractivity contribution >= 4 is 0 Å². The third-order valence-corrected chi connectivity index (χ3v) is 2.39. The number of hydrogen-bond acceptors (Lipinski definition) is 2. The Bertz CT molecular complexity index is 286. The number of hydrogen-bond donors (Lipinski definition) is 1. The maximum Gasteiger partial charge on any atom is 0.0484 e. The van der Waals surface area contributed by atoms with E-state index in [2.05, 4.69) is 38.1 Å². The zero-order chi connectivity index (χ0) is 11.1. The van der Waals surface area contributed by atoms with Crippen molar-refractivity contribution in [2.75, 3.05) is 13.2 Å². The topological polar surface area (TPSA) is 35.2 Å². The average molecular weight is 207 g/mol. The molecule has 84 valence electrons. The van der Waals surface area contributed by atoms with Gasteiger partial charge in [0.2, 0.25) is 0 Å². The molecule has 0 amide bonds. The summed E-state index contributed by atoms with van der Waals surface area (Å²) in [7, 11) is 0. The molecule has 0 radical (unpaired) electrons. The van der Waals surface area contributed by atoms with E-state index in [9.17, 15) is 0 Å². The Balaban J connectivity index is 2.36. The van der Waals surface area contributed by atoms with Crippen LogP contribution in [0.4, 0.5) is 0 Å². The minimum absolute atomic E-state index is 0.0988. The Kier molecular flexibility index (Phi) is 5.37. The van der Waals surface area contributed by atoms with Crippen molar-refractivity contribution in [3.05, 3.63) is 35.4 Å². The van der Waals surface area contributed by atoms with Crippen LogP contribution in [0.5, 0.6) is 0 Å². The van der Waals surface area contributed by atoms with Crippen LogP contribution in [0.1, 0.15) is 36.9 Å². The van der Waals surface area contributed by atoms with E-state index >= 15 is 0 Å². The van der Waals surface area contributed by atoms with Crippen molar-refractivity contribution in [2.24, 2.45) is 5.73 Å². The Hall–Kier alpha value is -0.860. The molecule has 1 unspecified atom stereocenters. The summed E-state index contributed by atoms with van der Waals surface area (Å²) in [6.07, 6.45) is 1.96. The number of ether oxygens (including phenoxy) is 1. The molecule has 0 saturated carbocycles. The van der Waals surface area contributed by atoms with E-state index in [0.717, 1.165) is 26.1 Å². The minimum Gasteiger partial charge on any atom is -0.381 e. The smallest absolute Gasteiger partial charge is 0.0484 e. The predicted octanol–water partition coefficient (Wildman–Crippen LogP) is 2.81. The van der Waals surface area contributed by atoms with Gasteiger partial charge in [-0.2, -0.15) is 0 Å². The largest absolute Gasteiger partial charge is 0.381 e. The van der Waals surface area contributed by atoms with Crippen LogP contribution in [-0.4, -0.2) is 13.2 Å². The lowest BCUT2D eigenvalue weighted by atomic mass is 10.0. The molecule has 2 heteroatoms. The highest BCUT2D eigenvalue weighted by molar-refractivity contribution is 5.24. The molecule has 0 spiro atoms. The van der Waals surface area contributed by atoms with E-state index < -0.39 is 0 Å². The van der Waals surface area contributed by atoms with E-state index in [4.69, 9.17) is 10.5 Å². The molecule has 0 heterocycles. The highest BCUT2D eigenvalue weighted by Gasteiger charge is 2.05. The predicted molar refractivity (Wildman–Crippen MR) is 63.8 cm³/mol. The number of benzene rings is 1. The zero-order valence-electron chi connectivity index (χ0n) is 9.70. The van der Waals surface area contributed by atoms with E-state index in [1.807, 2.05) is 0 Å². The summed E-state index contributed by atoms with van der Waals surface area (Å²) in [6, 6.07) is 8.46. The fourth-order valence-electron chi connectivity index (χ4n) is 1.52. The maximum atomic E-state index is 6.07. The third kappa shape index (κ3) is 4.45. The van der Waals surface area contributed by atoms with Gasteiger partial charge in [-0.25, -0.2) is 0 Å². The summed E-state index contributed by atoms with van der Waals surface area (Å²) in [5, 5.41) is 0. The number of nitrogens with two attached hydrogens (primary N) is 1. The van der Waals surface area contributed by atoms with Crippen LogP contribution < -0.4 is 5.73 Å².